The van der Waals surface area contributed by atoms with Crippen molar-refractivity contribution in [2.75, 3.05) is 7.05 Å². The minimum Gasteiger partial charge on any atom is -0.487 e. The number of aromatic nitrogens is 1. The standard InChI is InChI=1S/C21H22N2O2S2/c1-15-10-11-26-20(15)12-23(3)21(24)9-8-17-6-4-5-7-19(17)25-13-18-14-27-16(2)22-18/h4-11,14H,12-13H2,1-3H3/b9-8+. The van der Waals surface area contributed by atoms with Gasteiger partial charge in [0.2, 0.25) is 5.91 Å². The van der Waals surface area contributed by atoms with Crippen molar-refractivity contribution in [1.29, 1.82) is 0 Å². The zero-order chi connectivity index (χ0) is 19.2. The van der Waals surface area contributed by atoms with Crippen LogP contribution >= 0.6 is 22.7 Å². The molecule has 0 radical (unpaired) electrons. The SMILES string of the molecule is Cc1nc(COc2ccccc2/C=C/C(=O)N(C)Cc2sccc2C)cs1. The molecule has 0 unspecified atom stereocenters. The highest BCUT2D eigenvalue weighted by Crippen LogP contribution is 2.22. The fourth-order valence-corrected chi connectivity index (χ4v) is 4.08. The molecule has 0 spiro atoms. The van der Waals surface area contributed by atoms with Gasteiger partial charge in [-0.15, -0.1) is 22.7 Å². The first kappa shape index (κ1) is 19.3. The predicted octanol–water partition coefficient (Wildman–Crippen LogP) is 5.07. The van der Waals surface area contributed by atoms with Crippen LogP contribution in [-0.4, -0.2) is 22.8 Å². The summed E-state index contributed by atoms with van der Waals surface area (Å²) in [7, 11) is 1.82. The normalized spacial score (nSPS) is 11.1. The lowest BCUT2D eigenvalue weighted by Crippen LogP contribution is -2.23. The minimum absolute atomic E-state index is 0.0345. The summed E-state index contributed by atoms with van der Waals surface area (Å²) in [6.07, 6.45) is 3.40. The van der Waals surface area contributed by atoms with Gasteiger partial charge < -0.3 is 9.64 Å². The van der Waals surface area contributed by atoms with Crippen LogP contribution in [0.4, 0.5) is 0 Å². The molecule has 0 aliphatic rings. The third-order valence-corrected chi connectivity index (χ3v) is 5.92. The number of amides is 1. The molecule has 0 bridgehead atoms. The predicted molar refractivity (Wildman–Crippen MR) is 112 cm³/mol. The molecule has 140 valence electrons. The molecule has 3 aromatic rings. The number of aryl methyl sites for hydroxylation is 2. The van der Waals surface area contributed by atoms with Crippen LogP contribution in [0.1, 0.15) is 26.7 Å². The number of thiophene rings is 1. The van der Waals surface area contributed by atoms with E-state index in [2.05, 4.69) is 23.4 Å². The van der Waals surface area contributed by atoms with Gasteiger partial charge in [-0.05, 0) is 43.0 Å². The van der Waals surface area contributed by atoms with E-state index >= 15 is 0 Å². The molecule has 2 heterocycles. The van der Waals surface area contributed by atoms with Gasteiger partial charge in [-0.2, -0.15) is 0 Å². The van der Waals surface area contributed by atoms with Crippen molar-refractivity contribution in [1.82, 2.24) is 9.88 Å². The van der Waals surface area contributed by atoms with Gasteiger partial charge in [0.15, 0.2) is 0 Å². The maximum Gasteiger partial charge on any atom is 0.246 e. The van der Waals surface area contributed by atoms with E-state index in [4.69, 9.17) is 4.74 Å². The first-order valence-corrected chi connectivity index (χ1v) is 10.4. The molecule has 0 atom stereocenters. The second kappa shape index (κ2) is 8.97. The quantitative estimate of drug-likeness (QED) is 0.522. The highest BCUT2D eigenvalue weighted by atomic mass is 32.1. The highest BCUT2D eigenvalue weighted by molar-refractivity contribution is 7.10. The van der Waals surface area contributed by atoms with Crippen molar-refractivity contribution >= 4 is 34.7 Å². The number of carbonyl (C=O) groups excluding carboxylic acids is 1. The van der Waals surface area contributed by atoms with Crippen LogP contribution in [0, 0.1) is 13.8 Å². The molecule has 2 aromatic heterocycles. The lowest BCUT2D eigenvalue weighted by atomic mass is 10.2. The van der Waals surface area contributed by atoms with Gasteiger partial charge in [0, 0.05) is 28.9 Å². The van der Waals surface area contributed by atoms with Gasteiger partial charge in [-0.3, -0.25) is 4.79 Å². The van der Waals surface area contributed by atoms with Crippen LogP contribution in [0.3, 0.4) is 0 Å². The fraction of sp³-hybridized carbons (Fsp3) is 0.238. The van der Waals surface area contributed by atoms with Crippen molar-refractivity contribution in [3.8, 4) is 5.75 Å². The molecular formula is C21H22N2O2S2. The first-order valence-electron chi connectivity index (χ1n) is 8.62. The smallest absolute Gasteiger partial charge is 0.246 e. The fourth-order valence-electron chi connectivity index (χ4n) is 2.52. The zero-order valence-corrected chi connectivity index (χ0v) is 17.3. The number of ether oxygens (including phenoxy) is 1. The van der Waals surface area contributed by atoms with Gasteiger partial charge in [0.05, 0.1) is 17.2 Å². The van der Waals surface area contributed by atoms with Crippen molar-refractivity contribution in [2.45, 2.75) is 27.0 Å². The topological polar surface area (TPSA) is 42.4 Å². The monoisotopic (exact) mass is 398 g/mol. The molecule has 0 aliphatic heterocycles. The second-order valence-electron chi connectivity index (χ2n) is 6.24. The van der Waals surface area contributed by atoms with E-state index in [1.807, 2.05) is 49.7 Å². The van der Waals surface area contributed by atoms with Crippen molar-refractivity contribution in [3.63, 3.8) is 0 Å². The highest BCUT2D eigenvalue weighted by Gasteiger charge is 2.09. The van der Waals surface area contributed by atoms with Crippen LogP contribution in [0.5, 0.6) is 5.75 Å². The largest absolute Gasteiger partial charge is 0.487 e. The number of thiazole rings is 1. The molecule has 3 rings (SSSR count). The maximum absolute atomic E-state index is 12.4. The molecule has 0 aliphatic carbocycles. The Labute approximate surface area is 167 Å². The summed E-state index contributed by atoms with van der Waals surface area (Å²) in [5, 5.41) is 5.08. The van der Waals surface area contributed by atoms with Gasteiger partial charge in [0.1, 0.15) is 12.4 Å². The van der Waals surface area contributed by atoms with E-state index in [1.165, 1.54) is 10.4 Å². The molecule has 27 heavy (non-hydrogen) atoms. The Bertz CT molecular complexity index is 943. The summed E-state index contributed by atoms with van der Waals surface area (Å²) < 4.78 is 5.90. The number of likely N-dealkylation sites (N-methyl/N-ethyl adjacent to an activating group) is 1. The van der Waals surface area contributed by atoms with Gasteiger partial charge >= 0.3 is 0 Å². The van der Waals surface area contributed by atoms with E-state index in [1.54, 1.807) is 33.6 Å². The molecule has 0 fully saturated rings. The number of carbonyl (C=O) groups is 1. The average Bonchev–Trinajstić information content (AvgIpc) is 3.26. The Morgan fingerprint density at radius 1 is 1.22 bits per heavy atom. The van der Waals surface area contributed by atoms with E-state index in [0.29, 0.717) is 13.2 Å². The maximum atomic E-state index is 12.4. The van der Waals surface area contributed by atoms with E-state index in [0.717, 1.165) is 22.0 Å². The van der Waals surface area contributed by atoms with E-state index in [-0.39, 0.29) is 5.91 Å². The molecule has 0 saturated heterocycles. The number of para-hydroxylation sites is 1. The number of benzene rings is 1. The number of hydrogen-bond acceptors (Lipinski definition) is 5. The summed E-state index contributed by atoms with van der Waals surface area (Å²) in [6.45, 7) is 5.08. The molecule has 0 saturated carbocycles. The minimum atomic E-state index is -0.0345. The average molecular weight is 399 g/mol. The summed E-state index contributed by atoms with van der Waals surface area (Å²) >= 11 is 3.28. The van der Waals surface area contributed by atoms with Crippen LogP contribution < -0.4 is 4.74 Å². The summed E-state index contributed by atoms with van der Waals surface area (Å²) in [5.41, 5.74) is 3.01. The third-order valence-electron chi connectivity index (χ3n) is 4.09. The number of nitrogens with zero attached hydrogens (tertiary/aromatic N) is 2. The Morgan fingerprint density at radius 2 is 2.04 bits per heavy atom. The van der Waals surface area contributed by atoms with Crippen molar-refractivity contribution in [2.24, 2.45) is 0 Å². The van der Waals surface area contributed by atoms with Crippen LogP contribution in [0.25, 0.3) is 6.08 Å². The molecule has 6 heteroatoms. The lowest BCUT2D eigenvalue weighted by molar-refractivity contribution is -0.125. The van der Waals surface area contributed by atoms with Crippen molar-refractivity contribution in [3.05, 3.63) is 73.9 Å². The summed E-state index contributed by atoms with van der Waals surface area (Å²) in [4.78, 5) is 19.8. The van der Waals surface area contributed by atoms with E-state index < -0.39 is 0 Å². The first-order chi connectivity index (χ1) is 13.0. The van der Waals surface area contributed by atoms with Crippen molar-refractivity contribution < 1.29 is 9.53 Å². The van der Waals surface area contributed by atoms with Gasteiger partial charge in [0.25, 0.3) is 0 Å². The molecule has 1 aromatic carbocycles. The lowest BCUT2D eigenvalue weighted by Gasteiger charge is -2.14. The Hall–Kier alpha value is -2.44. The van der Waals surface area contributed by atoms with Crippen LogP contribution in [-0.2, 0) is 17.9 Å². The Kier molecular flexibility index (Phi) is 6.42. The molecule has 4 nitrogen and oxygen atoms in total. The molecular weight excluding hydrogens is 376 g/mol. The third kappa shape index (κ3) is 5.28. The number of rotatable bonds is 7. The summed E-state index contributed by atoms with van der Waals surface area (Å²) in [6, 6.07) is 9.78. The second-order valence-corrected chi connectivity index (χ2v) is 8.30. The molecule has 1 amide bonds. The molecule has 0 N–H and O–H groups in total. The van der Waals surface area contributed by atoms with Crippen LogP contribution in [0.15, 0.2) is 47.2 Å². The van der Waals surface area contributed by atoms with E-state index in [9.17, 15) is 4.79 Å². The van der Waals surface area contributed by atoms with Gasteiger partial charge in [-0.1, -0.05) is 18.2 Å². The van der Waals surface area contributed by atoms with Gasteiger partial charge in [-0.25, -0.2) is 4.98 Å². The summed E-state index contributed by atoms with van der Waals surface area (Å²) in [5.74, 6) is 0.705. The zero-order valence-electron chi connectivity index (χ0n) is 15.6. The van der Waals surface area contributed by atoms with Crippen LogP contribution in [0.2, 0.25) is 0 Å². The Morgan fingerprint density at radius 3 is 2.74 bits per heavy atom. The Balaban J connectivity index is 1.64. The number of hydrogen-bond donors (Lipinski definition) is 0.